The van der Waals surface area contributed by atoms with E-state index in [0.717, 1.165) is 12.6 Å². The number of hydrogen-bond acceptors (Lipinski definition) is 2. The average Bonchev–Trinajstić information content (AvgIpc) is 3.10. The van der Waals surface area contributed by atoms with E-state index in [1.165, 1.54) is 29.3 Å². The van der Waals surface area contributed by atoms with Crippen LogP contribution in [0.4, 0.5) is 0 Å². The Morgan fingerprint density at radius 3 is 2.94 bits per heavy atom. The molecule has 17 heavy (non-hydrogen) atoms. The first-order chi connectivity index (χ1) is 8.38. The Morgan fingerprint density at radius 1 is 1.35 bits per heavy atom. The second-order valence-corrected chi connectivity index (χ2v) is 4.81. The van der Waals surface area contributed by atoms with Crippen molar-refractivity contribution < 1.29 is 0 Å². The standard InChI is InChI=1S/C14H19N3/c1-15-14(9-16-10-6-7-10)12-8-17-13-5-3-2-4-11(12)13/h2-5,8,10,14-17H,6-7,9H2,1H3. The molecule has 1 heterocycles. The molecule has 3 N–H and O–H groups in total. The van der Waals surface area contributed by atoms with Crippen LogP contribution >= 0.6 is 0 Å². The number of para-hydroxylation sites is 1. The van der Waals surface area contributed by atoms with E-state index in [0.29, 0.717) is 6.04 Å². The summed E-state index contributed by atoms with van der Waals surface area (Å²) in [6.07, 6.45) is 4.80. The predicted octanol–water partition coefficient (Wildman–Crippen LogP) is 2.18. The fourth-order valence-electron chi connectivity index (χ4n) is 2.32. The lowest BCUT2D eigenvalue weighted by atomic mass is 10.1. The zero-order chi connectivity index (χ0) is 11.7. The molecule has 90 valence electrons. The Kier molecular flexibility index (Phi) is 2.87. The topological polar surface area (TPSA) is 39.8 Å². The summed E-state index contributed by atoms with van der Waals surface area (Å²) < 4.78 is 0. The van der Waals surface area contributed by atoms with Gasteiger partial charge in [-0.05, 0) is 31.5 Å². The fraction of sp³-hybridized carbons (Fsp3) is 0.429. The summed E-state index contributed by atoms with van der Waals surface area (Å²) in [5.41, 5.74) is 2.57. The number of aromatic nitrogens is 1. The number of hydrogen-bond donors (Lipinski definition) is 3. The molecule has 0 amide bonds. The van der Waals surface area contributed by atoms with Gasteiger partial charge in [-0.3, -0.25) is 0 Å². The van der Waals surface area contributed by atoms with Crippen molar-refractivity contribution in [2.75, 3.05) is 13.6 Å². The van der Waals surface area contributed by atoms with E-state index >= 15 is 0 Å². The molecule has 1 aromatic carbocycles. The van der Waals surface area contributed by atoms with Gasteiger partial charge in [-0.1, -0.05) is 18.2 Å². The van der Waals surface area contributed by atoms with Gasteiger partial charge in [-0.15, -0.1) is 0 Å². The van der Waals surface area contributed by atoms with E-state index in [1.807, 2.05) is 7.05 Å². The number of H-pyrrole nitrogens is 1. The maximum atomic E-state index is 3.58. The highest BCUT2D eigenvalue weighted by Gasteiger charge is 2.22. The number of rotatable bonds is 5. The Balaban J connectivity index is 1.83. The normalized spacial score (nSPS) is 17.5. The van der Waals surface area contributed by atoms with E-state index in [-0.39, 0.29) is 0 Å². The van der Waals surface area contributed by atoms with Gasteiger partial charge in [0.25, 0.3) is 0 Å². The van der Waals surface area contributed by atoms with Gasteiger partial charge in [-0.25, -0.2) is 0 Å². The third-order valence-electron chi connectivity index (χ3n) is 3.53. The lowest BCUT2D eigenvalue weighted by Crippen LogP contribution is -2.30. The van der Waals surface area contributed by atoms with Gasteiger partial charge in [0.2, 0.25) is 0 Å². The SMILES string of the molecule is CNC(CNC1CC1)c1c[nH]c2ccccc12. The largest absolute Gasteiger partial charge is 0.361 e. The van der Waals surface area contributed by atoms with Crippen LogP contribution in [0.15, 0.2) is 30.5 Å². The molecule has 3 rings (SSSR count). The molecule has 0 radical (unpaired) electrons. The van der Waals surface area contributed by atoms with Gasteiger partial charge < -0.3 is 15.6 Å². The van der Waals surface area contributed by atoms with E-state index in [2.05, 4.69) is 46.1 Å². The molecule has 3 heteroatoms. The summed E-state index contributed by atoms with van der Waals surface area (Å²) in [6, 6.07) is 9.62. The van der Waals surface area contributed by atoms with Crippen molar-refractivity contribution in [3.63, 3.8) is 0 Å². The zero-order valence-corrected chi connectivity index (χ0v) is 10.2. The lowest BCUT2D eigenvalue weighted by molar-refractivity contribution is 0.529. The molecule has 1 fully saturated rings. The monoisotopic (exact) mass is 229 g/mol. The highest BCUT2D eigenvalue weighted by Crippen LogP contribution is 2.25. The third kappa shape index (κ3) is 2.21. The van der Waals surface area contributed by atoms with Crippen LogP contribution in [-0.2, 0) is 0 Å². The zero-order valence-electron chi connectivity index (χ0n) is 10.2. The van der Waals surface area contributed by atoms with E-state index in [9.17, 15) is 0 Å². The highest BCUT2D eigenvalue weighted by molar-refractivity contribution is 5.83. The van der Waals surface area contributed by atoms with Gasteiger partial charge in [0.05, 0.1) is 0 Å². The van der Waals surface area contributed by atoms with Crippen LogP contribution < -0.4 is 10.6 Å². The van der Waals surface area contributed by atoms with Crippen molar-refractivity contribution >= 4 is 10.9 Å². The van der Waals surface area contributed by atoms with Crippen LogP contribution in [0, 0.1) is 0 Å². The fourth-order valence-corrected chi connectivity index (χ4v) is 2.32. The minimum Gasteiger partial charge on any atom is -0.361 e. The Hall–Kier alpha value is -1.32. The summed E-state index contributed by atoms with van der Waals surface area (Å²) in [7, 11) is 2.03. The van der Waals surface area contributed by atoms with Crippen LogP contribution in [0.2, 0.25) is 0 Å². The quantitative estimate of drug-likeness (QED) is 0.735. The van der Waals surface area contributed by atoms with Crippen molar-refractivity contribution in [3.8, 4) is 0 Å². The highest BCUT2D eigenvalue weighted by atomic mass is 15.0. The van der Waals surface area contributed by atoms with Gasteiger partial charge in [-0.2, -0.15) is 0 Å². The second kappa shape index (κ2) is 4.51. The Labute approximate surface area is 102 Å². The number of aromatic amines is 1. The van der Waals surface area contributed by atoms with Crippen LogP contribution in [0.1, 0.15) is 24.4 Å². The molecule has 1 saturated carbocycles. The molecular weight excluding hydrogens is 210 g/mol. The summed E-state index contributed by atoms with van der Waals surface area (Å²) in [6.45, 7) is 1.00. The van der Waals surface area contributed by atoms with Gasteiger partial charge in [0.1, 0.15) is 0 Å². The molecule has 0 aliphatic heterocycles. The molecule has 2 aromatic rings. The maximum Gasteiger partial charge on any atom is 0.0465 e. The van der Waals surface area contributed by atoms with Crippen molar-refractivity contribution in [3.05, 3.63) is 36.0 Å². The molecule has 0 saturated heterocycles. The smallest absolute Gasteiger partial charge is 0.0465 e. The molecular formula is C14H19N3. The van der Waals surface area contributed by atoms with Crippen LogP contribution in [-0.4, -0.2) is 24.6 Å². The minimum absolute atomic E-state index is 0.381. The van der Waals surface area contributed by atoms with Gasteiger partial charge in [0, 0.05) is 35.7 Å². The summed E-state index contributed by atoms with van der Waals surface area (Å²) >= 11 is 0. The van der Waals surface area contributed by atoms with E-state index in [4.69, 9.17) is 0 Å². The summed E-state index contributed by atoms with van der Waals surface area (Å²) in [4.78, 5) is 3.34. The molecule has 1 atom stereocenters. The number of likely N-dealkylation sites (N-methyl/N-ethyl adjacent to an activating group) is 1. The molecule has 3 nitrogen and oxygen atoms in total. The predicted molar refractivity (Wildman–Crippen MR) is 71.1 cm³/mol. The van der Waals surface area contributed by atoms with E-state index in [1.54, 1.807) is 0 Å². The number of fused-ring (bicyclic) bond motifs is 1. The molecule has 0 spiro atoms. The van der Waals surface area contributed by atoms with E-state index < -0.39 is 0 Å². The summed E-state index contributed by atoms with van der Waals surface area (Å²) in [5.74, 6) is 0. The van der Waals surface area contributed by atoms with Crippen molar-refractivity contribution in [2.45, 2.75) is 24.9 Å². The molecule has 0 bridgehead atoms. The average molecular weight is 229 g/mol. The van der Waals surface area contributed by atoms with Crippen molar-refractivity contribution in [2.24, 2.45) is 0 Å². The molecule has 1 aliphatic rings. The van der Waals surface area contributed by atoms with Gasteiger partial charge >= 0.3 is 0 Å². The minimum atomic E-state index is 0.381. The van der Waals surface area contributed by atoms with Gasteiger partial charge in [0.15, 0.2) is 0 Å². The van der Waals surface area contributed by atoms with Crippen molar-refractivity contribution in [1.29, 1.82) is 0 Å². The first kappa shape index (κ1) is 10.8. The maximum absolute atomic E-state index is 3.58. The first-order valence-electron chi connectivity index (χ1n) is 6.35. The molecule has 1 aromatic heterocycles. The van der Waals surface area contributed by atoms with Crippen LogP contribution in [0.5, 0.6) is 0 Å². The van der Waals surface area contributed by atoms with Crippen molar-refractivity contribution in [1.82, 2.24) is 15.6 Å². The first-order valence-corrected chi connectivity index (χ1v) is 6.35. The Morgan fingerprint density at radius 2 is 2.18 bits per heavy atom. The molecule has 1 aliphatic carbocycles. The second-order valence-electron chi connectivity index (χ2n) is 4.81. The third-order valence-corrected chi connectivity index (χ3v) is 3.53. The lowest BCUT2D eigenvalue weighted by Gasteiger charge is -2.16. The van der Waals surface area contributed by atoms with Crippen LogP contribution in [0.3, 0.4) is 0 Å². The number of benzene rings is 1. The summed E-state index contributed by atoms with van der Waals surface area (Å²) in [5, 5.41) is 8.30. The van der Waals surface area contributed by atoms with Crippen LogP contribution in [0.25, 0.3) is 10.9 Å². The Bertz CT molecular complexity index is 499. The molecule has 1 unspecified atom stereocenters. The number of nitrogens with one attached hydrogen (secondary N) is 3.